The number of urea groups is 1. The van der Waals surface area contributed by atoms with Gasteiger partial charge in [0.1, 0.15) is 0 Å². The molecule has 1 aliphatic rings. The van der Waals surface area contributed by atoms with Crippen molar-refractivity contribution in [2.45, 2.75) is 44.7 Å². The van der Waals surface area contributed by atoms with Gasteiger partial charge < -0.3 is 15.2 Å². The molecule has 26 heavy (non-hydrogen) atoms. The predicted molar refractivity (Wildman–Crippen MR) is 96.3 cm³/mol. The number of amides is 2. The van der Waals surface area contributed by atoms with Gasteiger partial charge in [-0.25, -0.2) is 9.78 Å². The highest BCUT2D eigenvalue weighted by molar-refractivity contribution is 7.13. The third-order valence-corrected chi connectivity index (χ3v) is 5.10. The Morgan fingerprint density at radius 1 is 1.42 bits per heavy atom. The molecule has 10 heteroatoms. The maximum absolute atomic E-state index is 12.0. The molecule has 0 aromatic carbocycles. The predicted octanol–water partition coefficient (Wildman–Crippen LogP) is 1.31. The molecule has 1 fully saturated rings. The highest BCUT2D eigenvalue weighted by atomic mass is 32.1. The number of aromatic nitrogens is 1. The molecule has 2 amide bonds. The second kappa shape index (κ2) is 9.48. The first kappa shape index (κ1) is 20.1. The number of carboxylic acid groups (broad SMARTS) is 1. The lowest BCUT2D eigenvalue weighted by Crippen LogP contribution is -2.55. The van der Waals surface area contributed by atoms with Crippen LogP contribution >= 0.6 is 11.3 Å². The summed E-state index contributed by atoms with van der Waals surface area (Å²) >= 11 is 1.30. The zero-order valence-corrected chi connectivity index (χ0v) is 15.7. The number of carboxylic acids is 1. The van der Waals surface area contributed by atoms with Gasteiger partial charge in [0.2, 0.25) is 0 Å². The number of aryl methyl sites for hydroxylation is 1. The van der Waals surface area contributed by atoms with Crippen molar-refractivity contribution in [2.75, 3.05) is 25.5 Å². The Morgan fingerprint density at radius 2 is 2.15 bits per heavy atom. The molecule has 2 rings (SSSR count). The molecule has 9 nitrogen and oxygen atoms in total. The molecule has 0 atom stereocenters. The van der Waals surface area contributed by atoms with Crippen molar-refractivity contribution in [3.63, 3.8) is 0 Å². The molecule has 1 heterocycles. The highest BCUT2D eigenvalue weighted by Gasteiger charge is 2.34. The van der Waals surface area contributed by atoms with Crippen molar-refractivity contribution in [3.8, 4) is 0 Å². The van der Waals surface area contributed by atoms with E-state index in [1.807, 2.05) is 11.8 Å². The highest BCUT2D eigenvalue weighted by Crippen LogP contribution is 2.25. The third kappa shape index (κ3) is 5.95. The van der Waals surface area contributed by atoms with Crippen molar-refractivity contribution in [3.05, 3.63) is 11.1 Å². The normalized spacial score (nSPS) is 18.9. The van der Waals surface area contributed by atoms with Gasteiger partial charge in [-0.15, -0.1) is 11.3 Å². The maximum Gasteiger partial charge on any atom is 0.321 e. The Bertz CT molecular complexity index is 644. The van der Waals surface area contributed by atoms with E-state index in [2.05, 4.69) is 20.4 Å². The molecule has 144 valence electrons. The summed E-state index contributed by atoms with van der Waals surface area (Å²) < 4.78 is 4.58. The van der Waals surface area contributed by atoms with Gasteiger partial charge in [0, 0.05) is 23.9 Å². The van der Waals surface area contributed by atoms with E-state index in [9.17, 15) is 14.4 Å². The number of hydrogen-bond donors (Lipinski definition) is 3. The Balaban J connectivity index is 1.71. The monoisotopic (exact) mass is 384 g/mol. The Kier molecular flexibility index (Phi) is 7.34. The summed E-state index contributed by atoms with van der Waals surface area (Å²) in [6, 6.07) is -0.114. The van der Waals surface area contributed by atoms with Crippen LogP contribution in [0.5, 0.6) is 0 Å². The number of nitrogens with one attached hydrogen (secondary N) is 2. The zero-order chi connectivity index (χ0) is 19.1. The fourth-order valence-electron chi connectivity index (χ4n) is 2.81. The summed E-state index contributed by atoms with van der Waals surface area (Å²) in [5.41, 5.74) is 0.728. The first-order chi connectivity index (χ1) is 12.4. The van der Waals surface area contributed by atoms with Gasteiger partial charge in [-0.05, 0) is 19.4 Å². The average Bonchev–Trinajstić information content (AvgIpc) is 3.00. The van der Waals surface area contributed by atoms with Crippen LogP contribution < -0.4 is 10.6 Å². The summed E-state index contributed by atoms with van der Waals surface area (Å²) in [4.78, 5) is 40.1. The third-order valence-electron chi connectivity index (χ3n) is 4.29. The number of carbonyl (C=O) groups excluding carboxylic acids is 2. The Hall–Kier alpha value is -2.20. The lowest BCUT2D eigenvalue weighted by atomic mass is 9.85. The number of nitrogens with zero attached hydrogens (tertiary/aromatic N) is 2. The second-order valence-corrected chi connectivity index (χ2v) is 6.96. The number of likely N-dealkylation sites (N-methyl/N-ethyl adjacent to an activating group) is 1. The first-order valence-corrected chi connectivity index (χ1v) is 9.33. The SMILES string of the molecule is CCN(CC(=O)O)C1CC(NC(=O)Nc2nc(CCC(=O)OC)cs2)C1. The van der Waals surface area contributed by atoms with Crippen LogP contribution in [0.1, 0.15) is 31.9 Å². The molecule has 0 aliphatic heterocycles. The van der Waals surface area contributed by atoms with Crippen LogP contribution in [0, 0.1) is 0 Å². The van der Waals surface area contributed by atoms with Gasteiger partial charge in [0.25, 0.3) is 0 Å². The number of anilines is 1. The van der Waals surface area contributed by atoms with Gasteiger partial charge >= 0.3 is 18.0 Å². The van der Waals surface area contributed by atoms with Crippen LogP contribution in [0.3, 0.4) is 0 Å². The largest absolute Gasteiger partial charge is 0.480 e. The minimum absolute atomic E-state index is 0.0214. The van der Waals surface area contributed by atoms with E-state index in [1.54, 1.807) is 5.38 Å². The number of esters is 1. The number of aliphatic carboxylic acids is 1. The molecule has 0 saturated heterocycles. The van der Waals surface area contributed by atoms with Crippen molar-refractivity contribution < 1.29 is 24.2 Å². The molecule has 3 N–H and O–H groups in total. The molecule has 0 radical (unpaired) electrons. The van der Waals surface area contributed by atoms with E-state index in [-0.39, 0.29) is 37.0 Å². The zero-order valence-electron chi connectivity index (χ0n) is 14.9. The van der Waals surface area contributed by atoms with Crippen LogP contribution in [-0.4, -0.2) is 65.2 Å². The lowest BCUT2D eigenvalue weighted by molar-refractivity contribution is -0.141. The van der Waals surface area contributed by atoms with Crippen molar-refractivity contribution in [1.29, 1.82) is 0 Å². The summed E-state index contributed by atoms with van der Waals surface area (Å²) in [5, 5.41) is 16.7. The number of thiazole rings is 1. The topological polar surface area (TPSA) is 121 Å². The fraction of sp³-hybridized carbons (Fsp3) is 0.625. The summed E-state index contributed by atoms with van der Waals surface area (Å²) in [5.74, 6) is -1.14. The van der Waals surface area contributed by atoms with Crippen LogP contribution in [0.25, 0.3) is 0 Å². The summed E-state index contributed by atoms with van der Waals surface area (Å²) in [6.07, 6.45) is 2.18. The minimum atomic E-state index is -0.840. The van der Waals surface area contributed by atoms with E-state index in [0.717, 1.165) is 18.5 Å². The molecular formula is C16H24N4O5S. The lowest BCUT2D eigenvalue weighted by Gasteiger charge is -2.42. The van der Waals surface area contributed by atoms with Gasteiger partial charge in [-0.2, -0.15) is 0 Å². The molecule has 1 saturated carbocycles. The van der Waals surface area contributed by atoms with E-state index in [0.29, 0.717) is 18.1 Å². The quantitative estimate of drug-likeness (QED) is 0.549. The number of methoxy groups -OCH3 is 1. The van der Waals surface area contributed by atoms with Crippen LogP contribution in [0.4, 0.5) is 9.93 Å². The summed E-state index contributed by atoms with van der Waals surface area (Å²) in [6.45, 7) is 2.62. The van der Waals surface area contributed by atoms with Crippen molar-refractivity contribution in [1.82, 2.24) is 15.2 Å². The smallest absolute Gasteiger partial charge is 0.321 e. The molecular weight excluding hydrogens is 360 g/mol. The number of ether oxygens (including phenoxy) is 1. The van der Waals surface area contributed by atoms with Crippen LogP contribution in [-0.2, 0) is 20.7 Å². The fourth-order valence-corrected chi connectivity index (χ4v) is 3.55. The van der Waals surface area contributed by atoms with Crippen molar-refractivity contribution in [2.24, 2.45) is 0 Å². The standard InChI is InChI=1S/C16H24N4O5S/c1-3-20(8-13(21)22)12-6-11(7-12)17-15(24)19-16-18-10(9-26-16)4-5-14(23)25-2/h9,11-12H,3-8H2,1-2H3,(H,21,22)(H2,17,18,19,24). The minimum Gasteiger partial charge on any atom is -0.480 e. The molecule has 1 aromatic heterocycles. The van der Waals surface area contributed by atoms with Crippen molar-refractivity contribution >= 4 is 34.4 Å². The first-order valence-electron chi connectivity index (χ1n) is 8.45. The average molecular weight is 384 g/mol. The van der Waals surface area contributed by atoms with Crippen LogP contribution in [0.2, 0.25) is 0 Å². The molecule has 0 unspecified atom stereocenters. The number of hydrogen-bond acceptors (Lipinski definition) is 7. The van der Waals surface area contributed by atoms with E-state index in [1.165, 1.54) is 18.4 Å². The van der Waals surface area contributed by atoms with E-state index >= 15 is 0 Å². The molecule has 1 aliphatic carbocycles. The second-order valence-electron chi connectivity index (χ2n) is 6.10. The Morgan fingerprint density at radius 3 is 2.77 bits per heavy atom. The number of carbonyl (C=O) groups is 3. The molecule has 1 aromatic rings. The molecule has 0 spiro atoms. The number of rotatable bonds is 9. The van der Waals surface area contributed by atoms with Gasteiger partial charge in [0.15, 0.2) is 5.13 Å². The van der Waals surface area contributed by atoms with Gasteiger partial charge in [-0.1, -0.05) is 6.92 Å². The van der Waals surface area contributed by atoms with Gasteiger partial charge in [0.05, 0.1) is 25.8 Å². The van der Waals surface area contributed by atoms with E-state index < -0.39 is 5.97 Å². The molecule has 0 bridgehead atoms. The summed E-state index contributed by atoms with van der Waals surface area (Å²) in [7, 11) is 1.34. The Labute approximate surface area is 155 Å². The van der Waals surface area contributed by atoms with E-state index in [4.69, 9.17) is 5.11 Å². The maximum atomic E-state index is 12.0. The van der Waals surface area contributed by atoms with Gasteiger partial charge in [-0.3, -0.25) is 19.8 Å². The van der Waals surface area contributed by atoms with Crippen LogP contribution in [0.15, 0.2) is 5.38 Å².